The Morgan fingerprint density at radius 3 is 2.58 bits per heavy atom. The molecule has 258 valence electrons. The maximum absolute atomic E-state index is 13.3. The minimum atomic E-state index is -1.81. The average molecular weight is 708 g/mol. The van der Waals surface area contributed by atoms with Gasteiger partial charge in [0, 0.05) is 17.7 Å². The summed E-state index contributed by atoms with van der Waals surface area (Å²) in [5, 5.41) is 52.6. The third kappa shape index (κ3) is 7.71. The van der Waals surface area contributed by atoms with Crippen LogP contribution in [0, 0.1) is 0 Å². The van der Waals surface area contributed by atoms with Gasteiger partial charge in [-0.3, -0.25) is 19.3 Å². The van der Waals surface area contributed by atoms with Gasteiger partial charge >= 0.3 is 11.9 Å². The van der Waals surface area contributed by atoms with E-state index < -0.39 is 63.9 Å². The second-order valence-corrected chi connectivity index (χ2v) is 13.0. The molecular formula is C28H33N7O11S2. The maximum Gasteiger partial charge on any atom is 0.352 e. The van der Waals surface area contributed by atoms with Crippen LogP contribution in [0.15, 0.2) is 50.1 Å². The van der Waals surface area contributed by atoms with Gasteiger partial charge in [-0.05, 0) is 31.9 Å². The first-order valence-electron chi connectivity index (χ1n) is 14.4. The van der Waals surface area contributed by atoms with Gasteiger partial charge in [0.15, 0.2) is 16.6 Å². The summed E-state index contributed by atoms with van der Waals surface area (Å²) in [7, 11) is 0. The number of aliphatic carboxylic acids is 2. The molecule has 1 aromatic heterocycles. The molecule has 1 unspecified atom stereocenters. The predicted molar refractivity (Wildman–Crippen MR) is 172 cm³/mol. The highest BCUT2D eigenvalue weighted by Crippen LogP contribution is 2.40. The highest BCUT2D eigenvalue weighted by molar-refractivity contribution is 8.00. The number of allylic oxidation sites excluding steroid dienone is 2. The summed E-state index contributed by atoms with van der Waals surface area (Å²) in [6.45, 7) is 4.35. The van der Waals surface area contributed by atoms with Crippen LogP contribution in [0.4, 0.5) is 5.13 Å². The van der Waals surface area contributed by atoms with Crippen LogP contribution in [0.2, 0.25) is 0 Å². The molecule has 1 fully saturated rings. The lowest BCUT2D eigenvalue weighted by atomic mass is 9.99. The van der Waals surface area contributed by atoms with Crippen LogP contribution in [0.5, 0.6) is 0 Å². The molecule has 18 nitrogen and oxygen atoms in total. The van der Waals surface area contributed by atoms with Crippen molar-refractivity contribution < 1.29 is 54.1 Å². The Bertz CT molecular complexity index is 1680. The van der Waals surface area contributed by atoms with Gasteiger partial charge in [-0.25, -0.2) is 14.6 Å². The van der Waals surface area contributed by atoms with Crippen LogP contribution >= 0.6 is 23.1 Å². The number of anilines is 1. The van der Waals surface area contributed by atoms with Gasteiger partial charge in [0.25, 0.3) is 17.7 Å². The van der Waals surface area contributed by atoms with E-state index in [0.717, 1.165) is 40.5 Å². The van der Waals surface area contributed by atoms with E-state index in [1.807, 2.05) is 6.92 Å². The lowest BCUT2D eigenvalue weighted by molar-refractivity contribution is -0.161. The number of thiazole rings is 1. The molecule has 0 aromatic carbocycles. The third-order valence-corrected chi connectivity index (χ3v) is 9.10. The van der Waals surface area contributed by atoms with Crippen LogP contribution in [-0.2, 0) is 33.6 Å². The number of aliphatic hydroxyl groups is 2. The van der Waals surface area contributed by atoms with Crippen LogP contribution in [0.25, 0.3) is 0 Å². The van der Waals surface area contributed by atoms with Crippen molar-refractivity contribution in [2.45, 2.75) is 57.1 Å². The highest BCUT2D eigenvalue weighted by atomic mass is 32.2. The number of hydrogen-bond acceptors (Lipinski definition) is 15. The van der Waals surface area contributed by atoms with Crippen molar-refractivity contribution in [3.8, 4) is 0 Å². The van der Waals surface area contributed by atoms with E-state index in [-0.39, 0.29) is 58.7 Å². The summed E-state index contributed by atoms with van der Waals surface area (Å²) < 4.78 is 0. The summed E-state index contributed by atoms with van der Waals surface area (Å²) >= 11 is 2.11. The second-order valence-electron chi connectivity index (χ2n) is 11.0. The number of thioether (sulfide) groups is 1. The van der Waals surface area contributed by atoms with Crippen LogP contribution in [0.1, 0.15) is 45.7 Å². The lowest BCUT2D eigenvalue weighted by Gasteiger charge is -2.49. The van der Waals surface area contributed by atoms with Crippen LogP contribution in [0.3, 0.4) is 0 Å². The quantitative estimate of drug-likeness (QED) is 0.0615. The number of aliphatic hydroxyl groups excluding tert-OH is 2. The first-order valence-corrected chi connectivity index (χ1v) is 16.3. The normalized spacial score (nSPS) is 20.5. The molecular weight excluding hydrogens is 674 g/mol. The fraction of sp³-hybridized carbons (Fsp3) is 0.429. The number of aromatic nitrogens is 1. The Labute approximate surface area is 281 Å². The number of carboxylic acids is 2. The molecule has 3 amide bonds. The molecule has 0 bridgehead atoms. The minimum absolute atomic E-state index is 0.0342. The monoisotopic (exact) mass is 707 g/mol. The van der Waals surface area contributed by atoms with Crippen molar-refractivity contribution in [2.24, 2.45) is 10.3 Å². The topological polar surface area (TPSA) is 276 Å². The smallest absolute Gasteiger partial charge is 0.352 e. The molecule has 0 spiro atoms. The maximum atomic E-state index is 13.3. The van der Waals surface area contributed by atoms with Gasteiger partial charge < -0.3 is 46.5 Å². The number of amides is 3. The molecule has 0 saturated carbocycles. The van der Waals surface area contributed by atoms with E-state index in [1.165, 1.54) is 19.2 Å². The van der Waals surface area contributed by atoms with Gasteiger partial charge in [-0.1, -0.05) is 23.7 Å². The van der Waals surface area contributed by atoms with E-state index in [2.05, 4.69) is 25.9 Å². The number of carbonyl (C=O) groups is 5. The first-order chi connectivity index (χ1) is 22.7. The Kier molecular flexibility index (Phi) is 11.0. The van der Waals surface area contributed by atoms with E-state index in [4.69, 9.17) is 15.4 Å². The summed E-state index contributed by atoms with van der Waals surface area (Å²) in [6.07, 6.45) is 2.30. The van der Waals surface area contributed by atoms with Gasteiger partial charge in [0.2, 0.25) is 5.60 Å². The number of nitrogens with zero attached hydrogens (tertiary/aromatic N) is 4. The van der Waals surface area contributed by atoms with Crippen molar-refractivity contribution in [1.82, 2.24) is 20.5 Å². The van der Waals surface area contributed by atoms with Crippen LogP contribution < -0.4 is 16.4 Å². The Hall–Kier alpha value is -5.11. The van der Waals surface area contributed by atoms with E-state index >= 15 is 0 Å². The zero-order valence-electron chi connectivity index (χ0n) is 25.9. The standard InChI is InChI=1S/C28H33N7O11S2/c1-4-5-6-45-33-14-8-17(37)16(36)7-13(14)21(38)30-9-12-10-47-24-19(23(40)35(24)20(12)25(41)42)32-22(39)18(15-11-48-27(29)31-15)34-46-28(2,3)26(43)44/h7,11,19,24,36-37H,4-6,8-10H2,1-3H3,(H2,29,31)(H,30,38)(H,32,39)(H,41,42)(H,43,44)/b33-14?,34-18-/t19?,24-/m0/s1. The number of unbranched alkanes of at least 4 members (excludes halogenated alkanes) is 1. The van der Waals surface area contributed by atoms with Crippen molar-refractivity contribution in [1.29, 1.82) is 0 Å². The lowest BCUT2D eigenvalue weighted by Crippen LogP contribution is -2.71. The SMILES string of the molecule is CCCCON=C1CC(O)=C(O)C=C1C(=O)NCC1=C(C(=O)O)N2C(=O)C(NC(=O)/C(=N\OC(C)(C)C(=O)O)c3csc(N)n3)[C@@H]2SC1. The van der Waals surface area contributed by atoms with E-state index in [1.54, 1.807) is 0 Å². The molecule has 4 rings (SSSR count). The predicted octanol–water partition coefficient (Wildman–Crippen LogP) is 0.994. The largest absolute Gasteiger partial charge is 0.508 e. The Balaban J connectivity index is 1.49. The van der Waals surface area contributed by atoms with Crippen LogP contribution in [-0.4, -0.2) is 107 Å². The van der Waals surface area contributed by atoms with Crippen molar-refractivity contribution in [3.63, 3.8) is 0 Å². The molecule has 2 atom stereocenters. The molecule has 2 aliphatic heterocycles. The van der Waals surface area contributed by atoms with Gasteiger partial charge in [-0.2, -0.15) is 0 Å². The first kappa shape index (κ1) is 35.7. The Morgan fingerprint density at radius 1 is 1.23 bits per heavy atom. The summed E-state index contributed by atoms with van der Waals surface area (Å²) in [4.78, 5) is 78.7. The molecule has 8 N–H and O–H groups in total. The summed E-state index contributed by atoms with van der Waals surface area (Å²) in [6, 6.07) is -1.19. The number of hydrogen-bond donors (Lipinski definition) is 7. The minimum Gasteiger partial charge on any atom is -0.508 e. The number of carbonyl (C=O) groups excluding carboxylic acids is 3. The van der Waals surface area contributed by atoms with Gasteiger partial charge in [0.1, 0.15) is 40.9 Å². The molecule has 1 aliphatic carbocycles. The van der Waals surface area contributed by atoms with Crippen molar-refractivity contribution in [3.05, 3.63) is 45.5 Å². The van der Waals surface area contributed by atoms with E-state index in [0.29, 0.717) is 6.42 Å². The molecule has 0 radical (unpaired) electrons. The van der Waals surface area contributed by atoms with Gasteiger partial charge in [0.05, 0.1) is 12.0 Å². The number of nitrogens with one attached hydrogen (secondary N) is 2. The molecule has 1 saturated heterocycles. The molecule has 3 aliphatic rings. The number of β-lactam (4-membered cyclic amide) rings is 1. The molecule has 20 heteroatoms. The number of fused-ring (bicyclic) bond motifs is 1. The number of oxime groups is 2. The van der Waals surface area contributed by atoms with E-state index in [9.17, 15) is 44.4 Å². The Morgan fingerprint density at radius 2 is 1.96 bits per heavy atom. The number of nitrogens with two attached hydrogens (primary N) is 1. The highest BCUT2D eigenvalue weighted by Gasteiger charge is 2.54. The summed E-state index contributed by atoms with van der Waals surface area (Å²) in [5.74, 6) is -6.13. The zero-order chi connectivity index (χ0) is 35.3. The number of rotatable bonds is 14. The second kappa shape index (κ2) is 14.8. The fourth-order valence-electron chi connectivity index (χ4n) is 4.37. The zero-order valence-corrected chi connectivity index (χ0v) is 27.5. The van der Waals surface area contributed by atoms with Crippen molar-refractivity contribution in [2.75, 3.05) is 24.6 Å². The molecule has 3 heterocycles. The van der Waals surface area contributed by atoms with Crippen molar-refractivity contribution >= 4 is 69.3 Å². The third-order valence-electron chi connectivity index (χ3n) is 7.09. The molecule has 48 heavy (non-hydrogen) atoms. The summed E-state index contributed by atoms with van der Waals surface area (Å²) in [5.41, 5.74) is 3.15. The average Bonchev–Trinajstić information content (AvgIpc) is 3.46. The molecule has 1 aromatic rings. The fourth-order valence-corrected chi connectivity index (χ4v) is 6.26. The number of carboxylic acid groups (broad SMARTS) is 2. The number of nitrogen functional groups attached to an aromatic ring is 1. The van der Waals surface area contributed by atoms with Gasteiger partial charge in [-0.15, -0.1) is 23.1 Å².